The van der Waals surface area contributed by atoms with Gasteiger partial charge >= 0.3 is 5.97 Å². The number of fused-ring (bicyclic) bond motifs is 1. The van der Waals surface area contributed by atoms with Gasteiger partial charge in [-0.25, -0.2) is 0 Å². The van der Waals surface area contributed by atoms with Crippen LogP contribution in [0.1, 0.15) is 46.5 Å². The van der Waals surface area contributed by atoms with E-state index >= 15 is 0 Å². The Kier molecular flexibility index (Phi) is 4.13. The largest absolute Gasteiger partial charge is 0.481 e. The lowest BCUT2D eigenvalue weighted by molar-refractivity contribution is -0.139. The zero-order chi connectivity index (χ0) is 17.4. The highest BCUT2D eigenvalue weighted by Crippen LogP contribution is 2.40. The number of carbonyl (C=O) groups is 2. The highest BCUT2D eigenvalue weighted by Gasteiger charge is 2.35. The first-order chi connectivity index (χ1) is 11.4. The number of aromatic nitrogens is 2. The summed E-state index contributed by atoms with van der Waals surface area (Å²) in [6.07, 6.45) is 0.646. The zero-order valence-electron chi connectivity index (χ0n) is 14.0. The van der Waals surface area contributed by atoms with E-state index < -0.39 is 11.9 Å². The highest BCUT2D eigenvalue weighted by atomic mass is 16.4. The summed E-state index contributed by atoms with van der Waals surface area (Å²) in [5.74, 6) is -1.52. The van der Waals surface area contributed by atoms with Gasteiger partial charge in [0.1, 0.15) is 0 Å². The fourth-order valence-corrected chi connectivity index (χ4v) is 3.48. The van der Waals surface area contributed by atoms with Crippen LogP contribution in [0.4, 0.5) is 0 Å². The number of nitrogens with one attached hydrogen (secondary N) is 1. The molecule has 126 valence electrons. The number of benzene rings is 1. The maximum Gasteiger partial charge on any atom is 0.311 e. The van der Waals surface area contributed by atoms with Gasteiger partial charge in [-0.1, -0.05) is 24.3 Å². The molecule has 6 nitrogen and oxygen atoms in total. The molecule has 0 saturated heterocycles. The van der Waals surface area contributed by atoms with Crippen LogP contribution >= 0.6 is 0 Å². The topological polar surface area (TPSA) is 84.2 Å². The third kappa shape index (κ3) is 2.79. The summed E-state index contributed by atoms with van der Waals surface area (Å²) >= 11 is 0. The van der Waals surface area contributed by atoms with Gasteiger partial charge in [0.25, 0.3) is 0 Å². The van der Waals surface area contributed by atoms with E-state index in [9.17, 15) is 14.7 Å². The molecule has 0 aliphatic heterocycles. The minimum atomic E-state index is -0.849. The summed E-state index contributed by atoms with van der Waals surface area (Å²) in [5.41, 5.74) is 4.44. The van der Waals surface area contributed by atoms with Crippen molar-refractivity contribution in [2.24, 2.45) is 7.05 Å². The predicted molar refractivity (Wildman–Crippen MR) is 88.7 cm³/mol. The van der Waals surface area contributed by atoms with Crippen molar-refractivity contribution in [3.63, 3.8) is 0 Å². The van der Waals surface area contributed by atoms with Crippen LogP contribution in [-0.2, 0) is 23.1 Å². The number of amides is 1. The SMILES string of the molecule is Cc1nn(C)c(C)c1CC(=O)NC1CC(C(=O)O)c2ccccc21. The average Bonchev–Trinajstić information content (AvgIpc) is 3.01. The molecule has 1 aromatic heterocycles. The third-order valence-electron chi connectivity index (χ3n) is 4.85. The van der Waals surface area contributed by atoms with E-state index in [0.717, 1.165) is 28.1 Å². The van der Waals surface area contributed by atoms with Crippen LogP contribution in [0.5, 0.6) is 0 Å². The minimum absolute atomic E-state index is 0.111. The third-order valence-corrected chi connectivity index (χ3v) is 4.85. The molecule has 0 radical (unpaired) electrons. The number of rotatable bonds is 4. The number of hydrogen-bond donors (Lipinski definition) is 2. The standard InChI is InChI=1S/C18H21N3O3/c1-10-14(11(2)21(3)20-10)9-17(22)19-16-8-15(18(23)24)12-6-4-5-7-13(12)16/h4-7,15-16H,8-9H2,1-3H3,(H,19,22)(H,23,24). The van der Waals surface area contributed by atoms with E-state index in [1.807, 2.05) is 45.2 Å². The van der Waals surface area contributed by atoms with Crippen LogP contribution in [0.2, 0.25) is 0 Å². The quantitative estimate of drug-likeness (QED) is 0.900. The van der Waals surface area contributed by atoms with Crippen LogP contribution in [0.25, 0.3) is 0 Å². The van der Waals surface area contributed by atoms with Crippen molar-refractivity contribution < 1.29 is 14.7 Å². The van der Waals surface area contributed by atoms with Gasteiger partial charge < -0.3 is 10.4 Å². The van der Waals surface area contributed by atoms with Crippen LogP contribution in [0.3, 0.4) is 0 Å². The van der Waals surface area contributed by atoms with Gasteiger partial charge in [0.15, 0.2) is 0 Å². The fourth-order valence-electron chi connectivity index (χ4n) is 3.48. The van der Waals surface area contributed by atoms with Crippen LogP contribution in [-0.4, -0.2) is 26.8 Å². The van der Waals surface area contributed by atoms with Crippen LogP contribution in [0.15, 0.2) is 24.3 Å². The molecule has 2 N–H and O–H groups in total. The molecule has 0 bridgehead atoms. The Morgan fingerprint density at radius 1 is 1.29 bits per heavy atom. The molecule has 2 aromatic rings. The van der Waals surface area contributed by atoms with Crippen molar-refractivity contribution in [3.8, 4) is 0 Å². The zero-order valence-corrected chi connectivity index (χ0v) is 14.0. The lowest BCUT2D eigenvalue weighted by Crippen LogP contribution is -2.29. The summed E-state index contributed by atoms with van der Waals surface area (Å²) in [4.78, 5) is 23.9. The van der Waals surface area contributed by atoms with Gasteiger partial charge in [0, 0.05) is 18.3 Å². The van der Waals surface area contributed by atoms with Crippen molar-refractivity contribution in [3.05, 3.63) is 52.3 Å². The number of carboxylic acids is 1. The minimum Gasteiger partial charge on any atom is -0.481 e. The van der Waals surface area contributed by atoms with Crippen molar-refractivity contribution in [2.45, 2.75) is 38.6 Å². The number of aryl methyl sites for hydroxylation is 2. The molecular formula is C18H21N3O3. The Bertz CT molecular complexity index is 810. The number of hydrogen-bond acceptors (Lipinski definition) is 3. The molecule has 1 aliphatic carbocycles. The Morgan fingerprint density at radius 2 is 1.96 bits per heavy atom. The molecular weight excluding hydrogens is 306 g/mol. The van der Waals surface area contributed by atoms with E-state index in [-0.39, 0.29) is 18.4 Å². The summed E-state index contributed by atoms with van der Waals surface area (Å²) in [6.45, 7) is 3.83. The van der Waals surface area contributed by atoms with Crippen molar-refractivity contribution >= 4 is 11.9 Å². The lowest BCUT2D eigenvalue weighted by atomic mass is 10.0. The monoisotopic (exact) mass is 327 g/mol. The van der Waals surface area contributed by atoms with E-state index in [1.165, 1.54) is 0 Å². The molecule has 2 atom stereocenters. The van der Waals surface area contributed by atoms with E-state index in [2.05, 4.69) is 10.4 Å². The van der Waals surface area contributed by atoms with Crippen molar-refractivity contribution in [1.29, 1.82) is 0 Å². The Hall–Kier alpha value is -2.63. The molecule has 2 unspecified atom stereocenters. The molecule has 1 aromatic carbocycles. The molecule has 24 heavy (non-hydrogen) atoms. The van der Waals surface area contributed by atoms with Gasteiger partial charge in [0.2, 0.25) is 5.91 Å². The molecule has 6 heteroatoms. The Balaban J connectivity index is 1.77. The molecule has 1 aliphatic rings. The maximum atomic E-state index is 12.5. The smallest absolute Gasteiger partial charge is 0.311 e. The second-order valence-electron chi connectivity index (χ2n) is 6.33. The summed E-state index contributed by atoms with van der Waals surface area (Å²) in [7, 11) is 1.86. The van der Waals surface area contributed by atoms with Crippen molar-refractivity contribution in [2.75, 3.05) is 0 Å². The summed E-state index contributed by atoms with van der Waals surface area (Å²) < 4.78 is 1.77. The van der Waals surface area contributed by atoms with E-state index in [0.29, 0.717) is 6.42 Å². The first kappa shape index (κ1) is 16.2. The number of nitrogens with zero attached hydrogens (tertiary/aromatic N) is 2. The second-order valence-corrected chi connectivity index (χ2v) is 6.33. The molecule has 3 rings (SSSR count). The highest BCUT2D eigenvalue weighted by molar-refractivity contribution is 5.82. The molecule has 1 amide bonds. The van der Waals surface area contributed by atoms with E-state index in [1.54, 1.807) is 4.68 Å². The predicted octanol–water partition coefficient (Wildman–Crippen LogP) is 2.01. The van der Waals surface area contributed by atoms with Crippen LogP contribution < -0.4 is 5.32 Å². The Morgan fingerprint density at radius 3 is 2.54 bits per heavy atom. The lowest BCUT2D eigenvalue weighted by Gasteiger charge is -2.14. The average molecular weight is 327 g/mol. The van der Waals surface area contributed by atoms with Gasteiger partial charge in [-0.05, 0) is 31.4 Å². The van der Waals surface area contributed by atoms with Crippen LogP contribution in [0, 0.1) is 13.8 Å². The molecule has 0 fully saturated rings. The summed E-state index contributed by atoms with van der Waals surface area (Å²) in [6, 6.07) is 7.17. The number of carboxylic acid groups (broad SMARTS) is 1. The van der Waals surface area contributed by atoms with Gasteiger partial charge in [-0.3, -0.25) is 14.3 Å². The summed E-state index contributed by atoms with van der Waals surface area (Å²) in [5, 5.41) is 16.7. The first-order valence-electron chi connectivity index (χ1n) is 7.98. The maximum absolute atomic E-state index is 12.5. The fraction of sp³-hybridized carbons (Fsp3) is 0.389. The first-order valence-corrected chi connectivity index (χ1v) is 7.98. The number of carbonyl (C=O) groups excluding carboxylic acids is 1. The Labute approximate surface area is 140 Å². The molecule has 0 spiro atoms. The normalized spacial score (nSPS) is 19.1. The van der Waals surface area contributed by atoms with Gasteiger partial charge in [0.05, 0.1) is 24.1 Å². The van der Waals surface area contributed by atoms with E-state index in [4.69, 9.17) is 0 Å². The van der Waals surface area contributed by atoms with Gasteiger partial charge in [-0.15, -0.1) is 0 Å². The number of aliphatic carboxylic acids is 1. The van der Waals surface area contributed by atoms with Crippen molar-refractivity contribution in [1.82, 2.24) is 15.1 Å². The molecule has 0 saturated carbocycles. The second kappa shape index (κ2) is 6.11. The molecule has 1 heterocycles. The van der Waals surface area contributed by atoms with Gasteiger partial charge in [-0.2, -0.15) is 5.10 Å².